The quantitative estimate of drug-likeness (QED) is 0.472. The second-order valence-corrected chi connectivity index (χ2v) is 7.10. The lowest BCUT2D eigenvalue weighted by molar-refractivity contribution is -0.154. The molecule has 0 aromatic heterocycles. The Morgan fingerprint density at radius 2 is 1.63 bits per heavy atom. The van der Waals surface area contributed by atoms with E-state index in [1.165, 1.54) is 6.92 Å². The van der Waals surface area contributed by atoms with E-state index in [9.17, 15) is 14.4 Å². The largest absolute Gasteiger partial charge is 0.451 e. The number of benzene rings is 2. The van der Waals surface area contributed by atoms with Crippen molar-refractivity contribution in [3.05, 3.63) is 69.3 Å². The van der Waals surface area contributed by atoms with E-state index in [0.29, 0.717) is 5.56 Å². The van der Waals surface area contributed by atoms with Crippen LogP contribution in [-0.2, 0) is 14.3 Å². The fraction of sp³-hybridized carbons (Fsp3) is 0.250. The molecule has 0 spiro atoms. The summed E-state index contributed by atoms with van der Waals surface area (Å²) in [4.78, 5) is 36.2. The number of amides is 2. The average molecular weight is 480 g/mol. The Morgan fingerprint density at radius 3 is 2.30 bits per heavy atom. The molecule has 2 atom stereocenters. The van der Waals surface area contributed by atoms with Crippen LogP contribution in [0.25, 0.3) is 0 Å². The summed E-state index contributed by atoms with van der Waals surface area (Å²) in [7, 11) is 0. The minimum Gasteiger partial charge on any atom is -0.451 e. The zero-order valence-corrected chi connectivity index (χ0v) is 17.2. The lowest BCUT2D eigenvalue weighted by atomic mass is 10.1. The number of ether oxygens (including phenoxy) is 1. The third-order valence-electron chi connectivity index (χ3n) is 3.85. The van der Waals surface area contributed by atoms with Gasteiger partial charge in [0.2, 0.25) is 0 Å². The second kappa shape index (κ2) is 10.1. The van der Waals surface area contributed by atoms with Gasteiger partial charge in [-0.25, -0.2) is 0 Å². The van der Waals surface area contributed by atoms with Gasteiger partial charge in [0, 0.05) is 3.57 Å². The fourth-order valence-electron chi connectivity index (χ4n) is 2.34. The van der Waals surface area contributed by atoms with Crippen molar-refractivity contribution >= 4 is 40.4 Å². The van der Waals surface area contributed by atoms with Crippen molar-refractivity contribution in [2.75, 3.05) is 6.54 Å². The Morgan fingerprint density at radius 1 is 1.00 bits per heavy atom. The number of halogens is 1. The third-order valence-corrected chi connectivity index (χ3v) is 4.79. The maximum Gasteiger partial charge on any atom is 0.326 e. The highest BCUT2D eigenvalue weighted by atomic mass is 127. The number of carbonyl (C=O) groups excluding carboxylic acids is 3. The van der Waals surface area contributed by atoms with Crippen LogP contribution in [0.5, 0.6) is 0 Å². The predicted molar refractivity (Wildman–Crippen MR) is 110 cm³/mol. The maximum atomic E-state index is 12.2. The van der Waals surface area contributed by atoms with Crippen LogP contribution in [0.3, 0.4) is 0 Å². The summed E-state index contributed by atoms with van der Waals surface area (Å²) >= 11 is 2.05. The lowest BCUT2D eigenvalue weighted by Crippen LogP contribution is -2.39. The molecule has 0 radical (unpaired) electrons. The molecule has 2 aromatic carbocycles. The van der Waals surface area contributed by atoms with Gasteiger partial charge < -0.3 is 15.4 Å². The van der Waals surface area contributed by atoms with Crippen LogP contribution in [-0.4, -0.2) is 30.4 Å². The van der Waals surface area contributed by atoms with Crippen molar-refractivity contribution in [2.45, 2.75) is 26.0 Å². The molecule has 7 heteroatoms. The van der Waals surface area contributed by atoms with Crippen LogP contribution < -0.4 is 10.6 Å². The Bertz CT molecular complexity index is 811. The summed E-state index contributed by atoms with van der Waals surface area (Å²) in [6.45, 7) is 3.03. The van der Waals surface area contributed by atoms with Gasteiger partial charge in [-0.05, 0) is 54.1 Å². The zero-order chi connectivity index (χ0) is 19.8. The molecule has 0 aliphatic carbocycles. The van der Waals surface area contributed by atoms with Crippen LogP contribution in [0.15, 0.2) is 54.6 Å². The number of nitrogens with one attached hydrogen (secondary N) is 2. The first-order valence-corrected chi connectivity index (χ1v) is 9.54. The van der Waals surface area contributed by atoms with Crippen molar-refractivity contribution in [1.82, 2.24) is 10.6 Å². The molecule has 0 bridgehead atoms. The SMILES string of the molecule is CC(OC(=O)CNC(=O)c1ccccc1I)C(=O)NC(C)c1ccccc1. The topological polar surface area (TPSA) is 84.5 Å². The fourth-order valence-corrected chi connectivity index (χ4v) is 2.97. The Hall–Kier alpha value is -2.42. The van der Waals surface area contributed by atoms with Crippen molar-refractivity contribution in [2.24, 2.45) is 0 Å². The first kappa shape index (κ1) is 20.9. The number of rotatable bonds is 7. The minimum absolute atomic E-state index is 0.209. The molecular formula is C20H21IN2O4. The molecule has 0 saturated heterocycles. The number of carbonyl (C=O) groups is 3. The highest BCUT2D eigenvalue weighted by Gasteiger charge is 2.20. The van der Waals surface area contributed by atoms with E-state index in [0.717, 1.165) is 9.13 Å². The van der Waals surface area contributed by atoms with E-state index in [2.05, 4.69) is 10.6 Å². The molecule has 6 nitrogen and oxygen atoms in total. The summed E-state index contributed by atoms with van der Waals surface area (Å²) < 4.78 is 5.88. The van der Waals surface area contributed by atoms with Crippen LogP contribution in [0.2, 0.25) is 0 Å². The molecule has 0 saturated carbocycles. The van der Waals surface area contributed by atoms with Crippen LogP contribution in [0.4, 0.5) is 0 Å². The van der Waals surface area contributed by atoms with Gasteiger partial charge in [-0.2, -0.15) is 0 Å². The molecule has 0 aliphatic rings. The van der Waals surface area contributed by atoms with E-state index < -0.39 is 18.0 Å². The van der Waals surface area contributed by atoms with E-state index in [1.54, 1.807) is 18.2 Å². The van der Waals surface area contributed by atoms with E-state index in [1.807, 2.05) is 65.9 Å². The molecule has 2 rings (SSSR count). The second-order valence-electron chi connectivity index (χ2n) is 5.94. The molecule has 2 aromatic rings. The molecule has 2 unspecified atom stereocenters. The summed E-state index contributed by atoms with van der Waals surface area (Å²) in [5.41, 5.74) is 1.43. The van der Waals surface area contributed by atoms with Crippen molar-refractivity contribution < 1.29 is 19.1 Å². The number of hydrogen-bond acceptors (Lipinski definition) is 4. The van der Waals surface area contributed by atoms with E-state index in [4.69, 9.17) is 4.74 Å². The van der Waals surface area contributed by atoms with Crippen LogP contribution >= 0.6 is 22.6 Å². The normalized spacial score (nSPS) is 12.6. The minimum atomic E-state index is -0.961. The van der Waals surface area contributed by atoms with Gasteiger partial charge in [0.25, 0.3) is 11.8 Å². The first-order valence-electron chi connectivity index (χ1n) is 8.46. The molecule has 2 amide bonds. The Labute approximate surface area is 171 Å². The lowest BCUT2D eigenvalue weighted by Gasteiger charge is -2.18. The highest BCUT2D eigenvalue weighted by Crippen LogP contribution is 2.12. The molecule has 0 fully saturated rings. The summed E-state index contributed by atoms with van der Waals surface area (Å²) in [6, 6.07) is 16.3. The molecule has 0 aliphatic heterocycles. The van der Waals surface area contributed by atoms with E-state index in [-0.39, 0.29) is 18.5 Å². The smallest absolute Gasteiger partial charge is 0.326 e. The standard InChI is InChI=1S/C20H21IN2O4/c1-13(15-8-4-3-5-9-15)23-19(25)14(2)27-18(24)12-22-20(26)16-10-6-7-11-17(16)21/h3-11,13-14H,12H2,1-2H3,(H,22,26)(H,23,25). The molecular weight excluding hydrogens is 459 g/mol. The molecule has 27 heavy (non-hydrogen) atoms. The molecule has 0 heterocycles. The average Bonchev–Trinajstić information content (AvgIpc) is 2.67. The maximum absolute atomic E-state index is 12.2. The van der Waals surface area contributed by atoms with Crippen molar-refractivity contribution in [3.63, 3.8) is 0 Å². The van der Waals surface area contributed by atoms with Gasteiger partial charge in [-0.1, -0.05) is 42.5 Å². The summed E-state index contributed by atoms with van der Waals surface area (Å²) in [6.07, 6.45) is -0.961. The monoisotopic (exact) mass is 480 g/mol. The van der Waals surface area contributed by atoms with Crippen molar-refractivity contribution in [1.29, 1.82) is 0 Å². The first-order chi connectivity index (χ1) is 12.9. The number of hydrogen-bond donors (Lipinski definition) is 2. The van der Waals surface area contributed by atoms with E-state index >= 15 is 0 Å². The summed E-state index contributed by atoms with van der Waals surface area (Å²) in [5.74, 6) is -1.44. The Kier molecular flexibility index (Phi) is 7.78. The predicted octanol–water partition coefficient (Wildman–Crippen LogP) is 2.83. The van der Waals surface area contributed by atoms with Gasteiger partial charge in [0.15, 0.2) is 6.10 Å². The molecule has 2 N–H and O–H groups in total. The van der Waals surface area contributed by atoms with Gasteiger partial charge in [-0.15, -0.1) is 0 Å². The van der Waals surface area contributed by atoms with Crippen LogP contribution in [0, 0.1) is 3.57 Å². The van der Waals surface area contributed by atoms with Gasteiger partial charge >= 0.3 is 5.97 Å². The number of esters is 1. The van der Waals surface area contributed by atoms with Crippen LogP contribution in [0.1, 0.15) is 35.8 Å². The highest BCUT2D eigenvalue weighted by molar-refractivity contribution is 14.1. The Balaban J connectivity index is 1.80. The van der Waals surface area contributed by atoms with Crippen molar-refractivity contribution in [3.8, 4) is 0 Å². The zero-order valence-electron chi connectivity index (χ0n) is 15.1. The van der Waals surface area contributed by atoms with Gasteiger partial charge in [0.05, 0.1) is 11.6 Å². The molecule has 142 valence electrons. The third kappa shape index (κ3) is 6.35. The van der Waals surface area contributed by atoms with Gasteiger partial charge in [-0.3, -0.25) is 14.4 Å². The van der Waals surface area contributed by atoms with Gasteiger partial charge in [0.1, 0.15) is 6.54 Å². The summed E-state index contributed by atoms with van der Waals surface area (Å²) in [5, 5.41) is 5.30.